The SMILES string of the molecule is O=C(Nc1nccnc1Cl)c1cccnc1. The summed E-state index contributed by atoms with van der Waals surface area (Å²) in [5.41, 5.74) is 0.434. The maximum absolute atomic E-state index is 11.7. The highest BCUT2D eigenvalue weighted by molar-refractivity contribution is 6.32. The molecule has 80 valence electrons. The van der Waals surface area contributed by atoms with E-state index in [0.717, 1.165) is 0 Å². The van der Waals surface area contributed by atoms with Crippen molar-refractivity contribution in [3.05, 3.63) is 47.6 Å². The van der Waals surface area contributed by atoms with E-state index in [1.165, 1.54) is 18.6 Å². The third-order valence-corrected chi connectivity index (χ3v) is 2.09. The first-order chi connectivity index (χ1) is 7.77. The van der Waals surface area contributed by atoms with Gasteiger partial charge in [0.15, 0.2) is 11.0 Å². The van der Waals surface area contributed by atoms with Crippen molar-refractivity contribution in [2.75, 3.05) is 5.32 Å². The Balaban J connectivity index is 2.18. The van der Waals surface area contributed by atoms with Gasteiger partial charge in [-0.15, -0.1) is 0 Å². The minimum Gasteiger partial charge on any atom is -0.304 e. The molecule has 6 heteroatoms. The number of amides is 1. The highest BCUT2D eigenvalue weighted by Gasteiger charge is 2.09. The lowest BCUT2D eigenvalue weighted by Gasteiger charge is -2.04. The summed E-state index contributed by atoms with van der Waals surface area (Å²) >= 11 is 5.75. The van der Waals surface area contributed by atoms with Crippen molar-refractivity contribution >= 4 is 23.3 Å². The molecule has 2 aromatic heterocycles. The van der Waals surface area contributed by atoms with Crippen molar-refractivity contribution < 1.29 is 4.79 Å². The van der Waals surface area contributed by atoms with E-state index in [1.54, 1.807) is 18.3 Å². The summed E-state index contributed by atoms with van der Waals surface area (Å²) < 4.78 is 0. The Morgan fingerprint density at radius 3 is 2.75 bits per heavy atom. The average Bonchev–Trinajstić information content (AvgIpc) is 2.33. The number of carbonyl (C=O) groups excluding carboxylic acids is 1. The van der Waals surface area contributed by atoms with E-state index in [2.05, 4.69) is 20.3 Å². The second-order valence-corrected chi connectivity index (χ2v) is 3.25. The largest absolute Gasteiger partial charge is 0.304 e. The number of nitrogens with one attached hydrogen (secondary N) is 1. The monoisotopic (exact) mass is 234 g/mol. The molecule has 0 atom stereocenters. The summed E-state index contributed by atoms with van der Waals surface area (Å²) in [4.78, 5) is 23.2. The Morgan fingerprint density at radius 2 is 2.06 bits per heavy atom. The van der Waals surface area contributed by atoms with Gasteiger partial charge in [0, 0.05) is 24.8 Å². The van der Waals surface area contributed by atoms with Crippen molar-refractivity contribution in [1.29, 1.82) is 0 Å². The van der Waals surface area contributed by atoms with Gasteiger partial charge in [-0.1, -0.05) is 11.6 Å². The number of carbonyl (C=O) groups is 1. The molecule has 0 aromatic carbocycles. The third kappa shape index (κ3) is 2.32. The van der Waals surface area contributed by atoms with E-state index in [4.69, 9.17) is 11.6 Å². The van der Waals surface area contributed by atoms with Crippen LogP contribution in [0.15, 0.2) is 36.9 Å². The predicted molar refractivity (Wildman–Crippen MR) is 59.2 cm³/mol. The van der Waals surface area contributed by atoms with Crippen LogP contribution in [0.25, 0.3) is 0 Å². The van der Waals surface area contributed by atoms with Crippen LogP contribution in [0.4, 0.5) is 5.82 Å². The van der Waals surface area contributed by atoms with Gasteiger partial charge in [-0.05, 0) is 12.1 Å². The fourth-order valence-corrected chi connectivity index (χ4v) is 1.23. The van der Waals surface area contributed by atoms with Crippen LogP contribution in [0.5, 0.6) is 0 Å². The second-order valence-electron chi connectivity index (χ2n) is 2.89. The molecule has 0 saturated heterocycles. The molecule has 16 heavy (non-hydrogen) atoms. The van der Waals surface area contributed by atoms with Gasteiger partial charge in [0.25, 0.3) is 5.91 Å². The van der Waals surface area contributed by atoms with Crippen LogP contribution >= 0.6 is 11.6 Å². The Hall–Kier alpha value is -2.01. The van der Waals surface area contributed by atoms with Crippen LogP contribution < -0.4 is 5.32 Å². The lowest BCUT2D eigenvalue weighted by atomic mass is 10.3. The summed E-state index contributed by atoms with van der Waals surface area (Å²) in [6, 6.07) is 3.32. The molecule has 2 rings (SSSR count). The number of pyridine rings is 1. The molecule has 0 bridgehead atoms. The lowest BCUT2D eigenvalue weighted by Crippen LogP contribution is -2.13. The maximum Gasteiger partial charge on any atom is 0.258 e. The van der Waals surface area contributed by atoms with Crippen molar-refractivity contribution in [2.24, 2.45) is 0 Å². The van der Waals surface area contributed by atoms with Crippen LogP contribution in [0.3, 0.4) is 0 Å². The number of aromatic nitrogens is 3. The molecule has 0 saturated carbocycles. The van der Waals surface area contributed by atoms with E-state index in [9.17, 15) is 4.79 Å². The Morgan fingerprint density at radius 1 is 1.25 bits per heavy atom. The molecule has 0 aliphatic carbocycles. The van der Waals surface area contributed by atoms with E-state index in [-0.39, 0.29) is 16.9 Å². The van der Waals surface area contributed by atoms with Crippen molar-refractivity contribution in [3.63, 3.8) is 0 Å². The molecular weight excluding hydrogens is 228 g/mol. The van der Waals surface area contributed by atoms with E-state index < -0.39 is 0 Å². The van der Waals surface area contributed by atoms with Gasteiger partial charge in [0.1, 0.15) is 0 Å². The van der Waals surface area contributed by atoms with Crippen LogP contribution in [0, 0.1) is 0 Å². The fraction of sp³-hybridized carbons (Fsp3) is 0. The first-order valence-corrected chi connectivity index (χ1v) is 4.83. The molecule has 2 aromatic rings. The van der Waals surface area contributed by atoms with Crippen LogP contribution in [0.2, 0.25) is 5.15 Å². The van der Waals surface area contributed by atoms with E-state index in [0.29, 0.717) is 5.56 Å². The Kier molecular flexibility index (Phi) is 3.07. The van der Waals surface area contributed by atoms with Gasteiger partial charge in [-0.2, -0.15) is 0 Å². The first kappa shape index (κ1) is 10.5. The topological polar surface area (TPSA) is 67.8 Å². The van der Waals surface area contributed by atoms with Crippen LogP contribution in [-0.4, -0.2) is 20.9 Å². The molecule has 1 amide bonds. The minimum atomic E-state index is -0.324. The van der Waals surface area contributed by atoms with Gasteiger partial charge >= 0.3 is 0 Å². The standard InChI is InChI=1S/C10H7ClN4O/c11-8-9(14-5-4-13-8)15-10(16)7-2-1-3-12-6-7/h1-6H,(H,14,15,16). The molecular formula is C10H7ClN4O. The minimum absolute atomic E-state index is 0.153. The summed E-state index contributed by atoms with van der Waals surface area (Å²) in [5, 5.41) is 2.69. The maximum atomic E-state index is 11.7. The number of halogens is 1. The van der Waals surface area contributed by atoms with Gasteiger partial charge < -0.3 is 5.32 Å². The zero-order chi connectivity index (χ0) is 11.4. The molecule has 0 aliphatic rings. The van der Waals surface area contributed by atoms with Crippen molar-refractivity contribution in [2.45, 2.75) is 0 Å². The molecule has 0 spiro atoms. The normalized spacial score (nSPS) is 9.81. The summed E-state index contributed by atoms with van der Waals surface area (Å²) in [5.74, 6) is -0.0893. The number of hydrogen-bond donors (Lipinski definition) is 1. The van der Waals surface area contributed by atoms with E-state index in [1.807, 2.05) is 0 Å². The van der Waals surface area contributed by atoms with Gasteiger partial charge in [0.05, 0.1) is 5.56 Å². The smallest absolute Gasteiger partial charge is 0.258 e. The van der Waals surface area contributed by atoms with Gasteiger partial charge in [-0.3, -0.25) is 9.78 Å². The summed E-state index contributed by atoms with van der Waals surface area (Å²) in [6.45, 7) is 0. The molecule has 0 aliphatic heterocycles. The van der Waals surface area contributed by atoms with Crippen LogP contribution in [0.1, 0.15) is 10.4 Å². The summed E-state index contributed by atoms with van der Waals surface area (Å²) in [7, 11) is 0. The molecule has 0 fully saturated rings. The average molecular weight is 235 g/mol. The highest BCUT2D eigenvalue weighted by atomic mass is 35.5. The molecule has 1 N–H and O–H groups in total. The van der Waals surface area contributed by atoms with Crippen molar-refractivity contribution in [3.8, 4) is 0 Å². The summed E-state index contributed by atoms with van der Waals surface area (Å²) in [6.07, 6.45) is 5.94. The quantitative estimate of drug-likeness (QED) is 0.860. The number of rotatable bonds is 2. The number of anilines is 1. The number of nitrogens with zero attached hydrogens (tertiary/aromatic N) is 3. The fourth-order valence-electron chi connectivity index (χ4n) is 1.08. The van der Waals surface area contributed by atoms with Crippen molar-refractivity contribution in [1.82, 2.24) is 15.0 Å². The first-order valence-electron chi connectivity index (χ1n) is 4.45. The molecule has 0 radical (unpaired) electrons. The van der Waals surface area contributed by atoms with Gasteiger partial charge in [-0.25, -0.2) is 9.97 Å². The van der Waals surface area contributed by atoms with E-state index >= 15 is 0 Å². The zero-order valence-corrected chi connectivity index (χ0v) is 8.85. The molecule has 5 nitrogen and oxygen atoms in total. The van der Waals surface area contributed by atoms with Gasteiger partial charge in [0.2, 0.25) is 0 Å². The Bertz CT molecular complexity index is 503. The molecule has 2 heterocycles. The van der Waals surface area contributed by atoms with Crippen LogP contribution in [-0.2, 0) is 0 Å². The highest BCUT2D eigenvalue weighted by Crippen LogP contribution is 2.14. The Labute approximate surface area is 96.5 Å². The zero-order valence-electron chi connectivity index (χ0n) is 8.09. The third-order valence-electron chi connectivity index (χ3n) is 1.81. The second kappa shape index (κ2) is 4.67. The lowest BCUT2D eigenvalue weighted by molar-refractivity contribution is 0.102. The number of hydrogen-bond acceptors (Lipinski definition) is 4. The predicted octanol–water partition coefficient (Wildman–Crippen LogP) is 1.78. The molecule has 0 unspecified atom stereocenters.